The van der Waals surface area contributed by atoms with Crippen molar-refractivity contribution in [2.24, 2.45) is 0 Å². The SMILES string of the molecule is Clc1ncc(I)c2nccn12.O=c1[nH]cc(I)c2nccn12. The summed E-state index contributed by atoms with van der Waals surface area (Å²) in [4.78, 5) is 25.7. The standard InChI is InChI=1S/C6H3ClIN3.C6H4IN3O/c7-6-10-3-4(8)5-9-1-2-11(5)6;7-4-3-9-6(11)10-2-1-8-5(4)10/h1-3H;1-3H,(H,9,11). The highest BCUT2D eigenvalue weighted by molar-refractivity contribution is 14.1. The molecule has 0 amide bonds. The Kier molecular flexibility index (Phi) is 4.63. The molecule has 1 N–H and O–H groups in total. The lowest BCUT2D eigenvalue weighted by Crippen LogP contribution is -2.15. The molecular weight excluding hydrogens is 533 g/mol. The Morgan fingerprint density at radius 2 is 1.64 bits per heavy atom. The Morgan fingerprint density at radius 3 is 2.27 bits per heavy atom. The van der Waals surface area contributed by atoms with Gasteiger partial charge in [0.2, 0.25) is 5.28 Å². The van der Waals surface area contributed by atoms with Crippen LogP contribution < -0.4 is 5.69 Å². The number of hydrogen-bond donors (Lipinski definition) is 1. The van der Waals surface area contributed by atoms with Crippen molar-refractivity contribution < 1.29 is 0 Å². The summed E-state index contributed by atoms with van der Waals surface area (Å²) in [6.45, 7) is 0. The maximum atomic E-state index is 11.1. The number of halogens is 3. The van der Waals surface area contributed by atoms with Gasteiger partial charge in [0.15, 0.2) is 11.3 Å². The van der Waals surface area contributed by atoms with Crippen LogP contribution in [0.3, 0.4) is 0 Å². The third-order valence-corrected chi connectivity index (χ3v) is 4.57. The van der Waals surface area contributed by atoms with Crippen molar-refractivity contribution >= 4 is 68.1 Å². The normalized spacial score (nSPS) is 10.7. The zero-order valence-electron chi connectivity index (χ0n) is 10.7. The van der Waals surface area contributed by atoms with Crippen molar-refractivity contribution in [2.45, 2.75) is 0 Å². The number of hydrogen-bond acceptors (Lipinski definition) is 4. The van der Waals surface area contributed by atoms with Crippen LogP contribution in [0.2, 0.25) is 5.28 Å². The average molecular weight is 540 g/mol. The van der Waals surface area contributed by atoms with Gasteiger partial charge >= 0.3 is 5.69 Å². The average Bonchev–Trinajstić information content (AvgIpc) is 3.17. The van der Waals surface area contributed by atoms with Gasteiger partial charge in [0.25, 0.3) is 0 Å². The molecule has 0 aliphatic carbocycles. The summed E-state index contributed by atoms with van der Waals surface area (Å²) >= 11 is 10.1. The lowest BCUT2D eigenvalue weighted by atomic mass is 10.6. The summed E-state index contributed by atoms with van der Waals surface area (Å²) in [6.07, 6.45) is 10.1. The topological polar surface area (TPSA) is 80.3 Å². The Balaban J connectivity index is 0.000000131. The van der Waals surface area contributed by atoms with Crippen molar-refractivity contribution in [2.75, 3.05) is 0 Å². The lowest BCUT2D eigenvalue weighted by Gasteiger charge is -1.96. The predicted octanol–water partition coefficient (Wildman–Crippen LogP) is 2.61. The van der Waals surface area contributed by atoms with Gasteiger partial charge in [0.1, 0.15) is 0 Å². The van der Waals surface area contributed by atoms with Crippen LogP contribution in [0.25, 0.3) is 11.3 Å². The molecule has 4 heterocycles. The zero-order chi connectivity index (χ0) is 15.7. The first kappa shape index (κ1) is 15.7. The molecule has 7 nitrogen and oxygen atoms in total. The first-order valence-corrected chi connectivity index (χ1v) is 8.45. The molecule has 4 aromatic heterocycles. The van der Waals surface area contributed by atoms with Crippen molar-refractivity contribution in [1.29, 1.82) is 0 Å². The molecule has 0 aliphatic heterocycles. The van der Waals surface area contributed by atoms with E-state index >= 15 is 0 Å². The van der Waals surface area contributed by atoms with E-state index in [0.29, 0.717) is 10.9 Å². The van der Waals surface area contributed by atoms with Crippen LogP contribution in [0.4, 0.5) is 0 Å². The van der Waals surface area contributed by atoms with Crippen LogP contribution in [-0.2, 0) is 0 Å². The molecule has 0 fully saturated rings. The molecule has 0 unspecified atom stereocenters. The summed E-state index contributed by atoms with van der Waals surface area (Å²) in [5.41, 5.74) is 1.40. The summed E-state index contributed by atoms with van der Waals surface area (Å²) in [5.74, 6) is 0. The Hall–Kier alpha value is -1.21. The van der Waals surface area contributed by atoms with Gasteiger partial charge in [0, 0.05) is 37.2 Å². The minimum atomic E-state index is -0.155. The van der Waals surface area contributed by atoms with E-state index in [1.165, 1.54) is 4.40 Å². The number of aromatic nitrogens is 6. The van der Waals surface area contributed by atoms with Crippen molar-refractivity contribution in [3.63, 3.8) is 0 Å². The smallest absolute Gasteiger partial charge is 0.313 e. The fourth-order valence-corrected chi connectivity index (χ4v) is 3.04. The summed E-state index contributed by atoms with van der Waals surface area (Å²) in [6, 6.07) is 0. The third kappa shape index (κ3) is 2.96. The van der Waals surface area contributed by atoms with Crippen LogP contribution in [-0.4, -0.2) is 28.7 Å². The van der Waals surface area contributed by atoms with E-state index in [-0.39, 0.29) is 5.69 Å². The first-order valence-electron chi connectivity index (χ1n) is 5.91. The predicted molar refractivity (Wildman–Crippen MR) is 99.2 cm³/mol. The number of rotatable bonds is 0. The summed E-state index contributed by atoms with van der Waals surface area (Å²) in [7, 11) is 0. The lowest BCUT2D eigenvalue weighted by molar-refractivity contribution is 0.995. The minimum absolute atomic E-state index is 0.155. The largest absolute Gasteiger partial charge is 0.331 e. The van der Waals surface area contributed by atoms with Crippen LogP contribution in [0.1, 0.15) is 0 Å². The van der Waals surface area contributed by atoms with E-state index in [9.17, 15) is 4.79 Å². The van der Waals surface area contributed by atoms with E-state index in [4.69, 9.17) is 11.6 Å². The van der Waals surface area contributed by atoms with E-state index < -0.39 is 0 Å². The summed E-state index contributed by atoms with van der Waals surface area (Å²) in [5, 5.41) is 0.443. The molecule has 0 aliphatic rings. The van der Waals surface area contributed by atoms with Crippen LogP contribution >= 0.6 is 56.8 Å². The van der Waals surface area contributed by atoms with Crippen LogP contribution in [0, 0.1) is 7.14 Å². The van der Waals surface area contributed by atoms with Gasteiger partial charge in [-0.2, -0.15) is 0 Å². The Morgan fingerprint density at radius 1 is 1.00 bits per heavy atom. The molecule has 0 radical (unpaired) electrons. The quantitative estimate of drug-likeness (QED) is 0.275. The van der Waals surface area contributed by atoms with Gasteiger partial charge in [-0.05, 0) is 56.8 Å². The molecule has 22 heavy (non-hydrogen) atoms. The molecule has 4 aromatic rings. The summed E-state index contributed by atoms with van der Waals surface area (Å²) < 4.78 is 5.15. The second-order valence-electron chi connectivity index (χ2n) is 4.06. The van der Waals surface area contributed by atoms with Gasteiger partial charge in [-0.25, -0.2) is 19.7 Å². The highest BCUT2D eigenvalue weighted by Gasteiger charge is 2.02. The highest BCUT2D eigenvalue weighted by atomic mass is 127. The molecule has 0 bridgehead atoms. The molecule has 0 aromatic carbocycles. The van der Waals surface area contributed by atoms with Crippen molar-refractivity contribution in [3.8, 4) is 0 Å². The molecule has 4 rings (SSSR count). The number of imidazole rings is 2. The molecule has 0 saturated heterocycles. The molecule has 0 spiro atoms. The first-order chi connectivity index (χ1) is 10.6. The minimum Gasteiger partial charge on any atom is -0.313 e. The number of nitrogens with zero attached hydrogens (tertiary/aromatic N) is 5. The maximum Gasteiger partial charge on any atom is 0.331 e. The molecule has 10 heteroatoms. The van der Waals surface area contributed by atoms with Gasteiger partial charge in [0.05, 0.1) is 7.14 Å². The number of fused-ring (bicyclic) bond motifs is 2. The molecule has 112 valence electrons. The Labute approximate surface area is 156 Å². The van der Waals surface area contributed by atoms with Gasteiger partial charge < -0.3 is 4.98 Å². The third-order valence-electron chi connectivity index (χ3n) is 2.73. The van der Waals surface area contributed by atoms with E-state index in [1.54, 1.807) is 41.6 Å². The number of H-pyrrole nitrogens is 1. The Bertz CT molecular complexity index is 972. The maximum absolute atomic E-state index is 11.1. The molecule has 0 saturated carbocycles. The van der Waals surface area contributed by atoms with Crippen molar-refractivity contribution in [3.05, 3.63) is 60.1 Å². The van der Waals surface area contributed by atoms with Crippen molar-refractivity contribution in [1.82, 2.24) is 28.7 Å². The monoisotopic (exact) mass is 540 g/mol. The van der Waals surface area contributed by atoms with Gasteiger partial charge in [-0.1, -0.05) is 0 Å². The fourth-order valence-electron chi connectivity index (χ4n) is 1.76. The van der Waals surface area contributed by atoms with Crippen LogP contribution in [0.15, 0.2) is 42.0 Å². The zero-order valence-corrected chi connectivity index (χ0v) is 15.8. The molecule has 0 atom stereocenters. The molecular formula is C12H7ClI2N6O. The van der Waals surface area contributed by atoms with E-state index in [0.717, 1.165) is 12.8 Å². The van der Waals surface area contributed by atoms with E-state index in [1.807, 2.05) is 0 Å². The van der Waals surface area contributed by atoms with Gasteiger partial charge in [-0.3, -0.25) is 8.80 Å². The second kappa shape index (κ2) is 6.50. The van der Waals surface area contributed by atoms with Crippen LogP contribution in [0.5, 0.6) is 0 Å². The van der Waals surface area contributed by atoms with Gasteiger partial charge in [-0.15, -0.1) is 0 Å². The fraction of sp³-hybridized carbons (Fsp3) is 0. The number of nitrogens with one attached hydrogen (secondary N) is 1. The second-order valence-corrected chi connectivity index (χ2v) is 6.72. The van der Waals surface area contributed by atoms with E-state index in [2.05, 4.69) is 65.1 Å². The number of aromatic amines is 1. The highest BCUT2D eigenvalue weighted by Crippen LogP contribution is 2.14.